The van der Waals surface area contributed by atoms with Crippen LogP contribution in [0.25, 0.3) is 11.0 Å². The fourth-order valence-corrected chi connectivity index (χ4v) is 2.48. The zero-order valence-corrected chi connectivity index (χ0v) is 12.2. The summed E-state index contributed by atoms with van der Waals surface area (Å²) in [6.07, 6.45) is 0. The lowest BCUT2D eigenvalue weighted by Crippen LogP contribution is -2.04. The van der Waals surface area contributed by atoms with E-state index in [2.05, 4.69) is 30.4 Å². The van der Waals surface area contributed by atoms with Crippen molar-refractivity contribution >= 4 is 22.5 Å². The van der Waals surface area contributed by atoms with Gasteiger partial charge in [0.25, 0.3) is 0 Å². The number of anilines is 1. The normalized spacial score (nSPS) is 12.3. The van der Waals surface area contributed by atoms with E-state index in [9.17, 15) is 0 Å². The minimum Gasteiger partial charge on any atom is -0.460 e. The Kier molecular flexibility index (Phi) is 3.48. The van der Waals surface area contributed by atoms with Gasteiger partial charge in [0, 0.05) is 17.0 Å². The standard InChI is InChI=1S/C18H18N2O/c1-12(14-6-4-3-5-7-14)18-11-15-10-16(20-13(2)19)8-9-17(15)21-18/h3-12H,1-2H3,(H2,19,20). The molecule has 0 aliphatic heterocycles. The van der Waals surface area contributed by atoms with E-state index in [0.717, 1.165) is 22.4 Å². The number of benzene rings is 2. The van der Waals surface area contributed by atoms with E-state index in [-0.39, 0.29) is 5.92 Å². The summed E-state index contributed by atoms with van der Waals surface area (Å²) in [5.41, 5.74) is 3.03. The number of fused-ring (bicyclic) bond motifs is 1. The van der Waals surface area contributed by atoms with Crippen molar-refractivity contribution in [2.75, 3.05) is 5.32 Å². The van der Waals surface area contributed by atoms with Crippen LogP contribution in [0, 0.1) is 5.41 Å². The molecule has 3 nitrogen and oxygen atoms in total. The van der Waals surface area contributed by atoms with Gasteiger partial charge < -0.3 is 9.73 Å². The number of nitrogens with one attached hydrogen (secondary N) is 2. The Balaban J connectivity index is 1.95. The average molecular weight is 278 g/mol. The number of rotatable bonds is 3. The fraction of sp³-hybridized carbons (Fsp3) is 0.167. The molecule has 0 bridgehead atoms. The predicted molar refractivity (Wildman–Crippen MR) is 87.2 cm³/mol. The predicted octanol–water partition coefficient (Wildman–Crippen LogP) is 4.99. The molecule has 0 aliphatic carbocycles. The van der Waals surface area contributed by atoms with Crippen LogP contribution in [0.3, 0.4) is 0 Å². The van der Waals surface area contributed by atoms with Crippen molar-refractivity contribution in [1.82, 2.24) is 0 Å². The minimum atomic E-state index is 0.222. The van der Waals surface area contributed by atoms with Crippen molar-refractivity contribution in [3.05, 3.63) is 65.9 Å². The van der Waals surface area contributed by atoms with Crippen molar-refractivity contribution in [2.45, 2.75) is 19.8 Å². The van der Waals surface area contributed by atoms with E-state index in [4.69, 9.17) is 9.83 Å². The van der Waals surface area contributed by atoms with Crippen LogP contribution in [0.15, 0.2) is 59.0 Å². The molecule has 3 rings (SSSR count). The smallest absolute Gasteiger partial charge is 0.134 e. The Morgan fingerprint density at radius 1 is 1.10 bits per heavy atom. The molecule has 1 unspecified atom stereocenters. The molecular weight excluding hydrogens is 260 g/mol. The number of amidine groups is 1. The maximum Gasteiger partial charge on any atom is 0.134 e. The van der Waals surface area contributed by atoms with Crippen LogP contribution in [-0.2, 0) is 0 Å². The molecule has 106 valence electrons. The molecule has 0 saturated carbocycles. The number of hydrogen-bond acceptors (Lipinski definition) is 2. The molecule has 0 fully saturated rings. The Morgan fingerprint density at radius 2 is 1.86 bits per heavy atom. The summed E-state index contributed by atoms with van der Waals surface area (Å²) in [5, 5.41) is 11.6. The first-order chi connectivity index (χ1) is 10.1. The van der Waals surface area contributed by atoms with Crippen LogP contribution < -0.4 is 5.32 Å². The van der Waals surface area contributed by atoms with Crippen molar-refractivity contribution in [3.63, 3.8) is 0 Å². The van der Waals surface area contributed by atoms with Gasteiger partial charge in [0.2, 0.25) is 0 Å². The first kappa shape index (κ1) is 13.4. The third-order valence-corrected chi connectivity index (χ3v) is 3.59. The first-order valence-corrected chi connectivity index (χ1v) is 7.04. The van der Waals surface area contributed by atoms with Gasteiger partial charge in [-0.05, 0) is 36.8 Å². The Bertz CT molecular complexity index is 774. The molecule has 3 heteroatoms. The van der Waals surface area contributed by atoms with Crippen molar-refractivity contribution in [2.24, 2.45) is 0 Å². The molecule has 0 saturated heterocycles. The number of furan rings is 1. The number of hydrogen-bond donors (Lipinski definition) is 2. The van der Waals surface area contributed by atoms with Crippen molar-refractivity contribution in [3.8, 4) is 0 Å². The molecule has 0 spiro atoms. The first-order valence-electron chi connectivity index (χ1n) is 7.04. The average Bonchev–Trinajstić information content (AvgIpc) is 2.90. The molecule has 1 heterocycles. The molecule has 0 aliphatic rings. The molecule has 2 aromatic carbocycles. The highest BCUT2D eigenvalue weighted by atomic mass is 16.3. The summed E-state index contributed by atoms with van der Waals surface area (Å²) in [4.78, 5) is 0. The van der Waals surface area contributed by atoms with Crippen LogP contribution >= 0.6 is 0 Å². The Hall–Kier alpha value is -2.55. The zero-order chi connectivity index (χ0) is 14.8. The van der Waals surface area contributed by atoms with Crippen LogP contribution in [-0.4, -0.2) is 5.84 Å². The van der Waals surface area contributed by atoms with E-state index in [0.29, 0.717) is 5.84 Å². The molecular formula is C18H18N2O. The Morgan fingerprint density at radius 3 is 2.57 bits per heavy atom. The summed E-state index contributed by atoms with van der Waals surface area (Å²) >= 11 is 0. The molecule has 3 aromatic rings. The van der Waals surface area contributed by atoms with Gasteiger partial charge >= 0.3 is 0 Å². The highest BCUT2D eigenvalue weighted by Gasteiger charge is 2.13. The van der Waals surface area contributed by atoms with Crippen molar-refractivity contribution < 1.29 is 4.42 Å². The van der Waals surface area contributed by atoms with Crippen LogP contribution in [0.5, 0.6) is 0 Å². The van der Waals surface area contributed by atoms with E-state index < -0.39 is 0 Å². The van der Waals surface area contributed by atoms with Gasteiger partial charge in [-0.1, -0.05) is 37.3 Å². The lowest BCUT2D eigenvalue weighted by atomic mass is 9.99. The van der Waals surface area contributed by atoms with Gasteiger partial charge in [0.15, 0.2) is 0 Å². The summed E-state index contributed by atoms with van der Waals surface area (Å²) in [5.74, 6) is 1.61. The maximum atomic E-state index is 7.49. The summed E-state index contributed by atoms with van der Waals surface area (Å²) < 4.78 is 5.96. The third-order valence-electron chi connectivity index (χ3n) is 3.59. The molecule has 2 N–H and O–H groups in total. The van der Waals surface area contributed by atoms with E-state index in [1.165, 1.54) is 5.56 Å². The van der Waals surface area contributed by atoms with E-state index >= 15 is 0 Å². The van der Waals surface area contributed by atoms with Gasteiger partial charge in [-0.15, -0.1) is 0 Å². The largest absolute Gasteiger partial charge is 0.460 e. The second-order valence-corrected chi connectivity index (χ2v) is 5.28. The summed E-state index contributed by atoms with van der Waals surface area (Å²) in [7, 11) is 0. The highest BCUT2D eigenvalue weighted by Crippen LogP contribution is 2.30. The van der Waals surface area contributed by atoms with Crippen LogP contribution in [0.4, 0.5) is 5.69 Å². The minimum absolute atomic E-state index is 0.222. The topological polar surface area (TPSA) is 49.0 Å². The molecule has 0 radical (unpaired) electrons. The summed E-state index contributed by atoms with van der Waals surface area (Å²) in [6.45, 7) is 3.87. The molecule has 1 atom stereocenters. The highest BCUT2D eigenvalue weighted by molar-refractivity contribution is 5.93. The fourth-order valence-electron chi connectivity index (χ4n) is 2.48. The van der Waals surface area contributed by atoms with Gasteiger partial charge in [0.1, 0.15) is 11.3 Å². The second kappa shape index (κ2) is 5.44. The van der Waals surface area contributed by atoms with E-state index in [1.807, 2.05) is 36.4 Å². The van der Waals surface area contributed by atoms with Crippen LogP contribution in [0.2, 0.25) is 0 Å². The molecule has 0 amide bonds. The summed E-state index contributed by atoms with van der Waals surface area (Å²) in [6, 6.07) is 18.3. The third kappa shape index (κ3) is 2.82. The second-order valence-electron chi connectivity index (χ2n) is 5.28. The van der Waals surface area contributed by atoms with Gasteiger partial charge in [-0.25, -0.2) is 0 Å². The monoisotopic (exact) mass is 278 g/mol. The van der Waals surface area contributed by atoms with Gasteiger partial charge in [-0.3, -0.25) is 5.41 Å². The van der Waals surface area contributed by atoms with Gasteiger partial charge in [-0.2, -0.15) is 0 Å². The SMILES string of the molecule is CC(=N)Nc1ccc2oc(C(C)c3ccccc3)cc2c1. The van der Waals surface area contributed by atoms with Crippen LogP contribution in [0.1, 0.15) is 31.1 Å². The molecule has 1 aromatic heterocycles. The lowest BCUT2D eigenvalue weighted by Gasteiger charge is -2.07. The zero-order valence-electron chi connectivity index (χ0n) is 12.2. The Labute approximate surface area is 124 Å². The maximum absolute atomic E-state index is 7.49. The van der Waals surface area contributed by atoms with Crippen molar-refractivity contribution in [1.29, 1.82) is 5.41 Å². The lowest BCUT2D eigenvalue weighted by molar-refractivity contribution is 0.532. The quantitative estimate of drug-likeness (QED) is 0.523. The van der Waals surface area contributed by atoms with E-state index in [1.54, 1.807) is 6.92 Å². The van der Waals surface area contributed by atoms with Gasteiger partial charge in [0.05, 0.1) is 5.84 Å². The molecule has 21 heavy (non-hydrogen) atoms.